The third-order valence-corrected chi connectivity index (χ3v) is 3.97. The maximum atomic E-state index is 6.08. The Balaban J connectivity index is 2.03. The summed E-state index contributed by atoms with van der Waals surface area (Å²) in [7, 11) is 2.03. The zero-order valence-electron chi connectivity index (χ0n) is 11.3. The maximum Gasteiger partial charge on any atom is 0.104 e. The first-order valence-corrected chi connectivity index (χ1v) is 7.03. The number of rotatable bonds is 4. The summed E-state index contributed by atoms with van der Waals surface area (Å²) >= 11 is 6.08. The first-order valence-electron chi connectivity index (χ1n) is 6.66. The lowest BCUT2D eigenvalue weighted by atomic mass is 9.94. The van der Waals surface area contributed by atoms with Crippen LogP contribution in [0.25, 0.3) is 10.9 Å². The molecule has 1 atom stereocenters. The normalized spacial score (nSPS) is 12.9. The van der Waals surface area contributed by atoms with Gasteiger partial charge in [-0.2, -0.15) is 0 Å². The minimum atomic E-state index is 0.242. The highest BCUT2D eigenvalue weighted by atomic mass is 35.5. The van der Waals surface area contributed by atoms with Crippen LogP contribution in [0, 0.1) is 0 Å². The summed E-state index contributed by atoms with van der Waals surface area (Å²) in [5, 5.41) is 1.96. The van der Waals surface area contributed by atoms with Crippen LogP contribution in [0.5, 0.6) is 0 Å². The van der Waals surface area contributed by atoms with Crippen LogP contribution in [0.3, 0.4) is 0 Å². The van der Waals surface area contributed by atoms with E-state index in [-0.39, 0.29) is 5.92 Å². The topological polar surface area (TPSA) is 44.1 Å². The first-order chi connectivity index (χ1) is 9.69. The van der Waals surface area contributed by atoms with E-state index in [2.05, 4.69) is 16.8 Å². The molecule has 0 aliphatic rings. The molecule has 4 heteroatoms. The summed E-state index contributed by atoms with van der Waals surface area (Å²) in [6.45, 7) is 0.586. The van der Waals surface area contributed by atoms with E-state index >= 15 is 0 Å². The molecule has 2 aromatic heterocycles. The molecule has 20 heavy (non-hydrogen) atoms. The molecule has 104 valence electrons. The zero-order valence-corrected chi connectivity index (χ0v) is 12.1. The molecule has 2 heterocycles. The van der Waals surface area contributed by atoms with Gasteiger partial charge >= 0.3 is 0 Å². The number of aryl methyl sites for hydroxylation is 1. The van der Waals surface area contributed by atoms with E-state index in [1.165, 1.54) is 10.9 Å². The fourth-order valence-corrected chi connectivity index (χ4v) is 2.87. The molecule has 2 N–H and O–H groups in total. The van der Waals surface area contributed by atoms with Gasteiger partial charge in [0.25, 0.3) is 0 Å². The van der Waals surface area contributed by atoms with Crippen LogP contribution in [0.2, 0.25) is 5.02 Å². The molecule has 0 radical (unpaired) electrons. The van der Waals surface area contributed by atoms with Crippen molar-refractivity contribution in [3.63, 3.8) is 0 Å². The van der Waals surface area contributed by atoms with Crippen molar-refractivity contribution in [1.29, 1.82) is 0 Å². The second-order valence-corrected chi connectivity index (χ2v) is 5.51. The van der Waals surface area contributed by atoms with E-state index < -0.39 is 0 Å². The lowest BCUT2D eigenvalue weighted by Crippen LogP contribution is -2.14. The molecule has 0 aliphatic heterocycles. The van der Waals surface area contributed by atoms with Crippen molar-refractivity contribution in [2.75, 3.05) is 6.54 Å². The summed E-state index contributed by atoms with van der Waals surface area (Å²) in [5.74, 6) is 1.21. The molecule has 3 rings (SSSR count). The van der Waals surface area contributed by atoms with Crippen molar-refractivity contribution in [1.82, 2.24) is 4.57 Å². The fraction of sp³-hybridized carbons (Fsp3) is 0.250. The number of hydrogen-bond acceptors (Lipinski definition) is 2. The predicted molar refractivity (Wildman–Crippen MR) is 82.1 cm³/mol. The Morgan fingerprint density at radius 1 is 1.35 bits per heavy atom. The quantitative estimate of drug-likeness (QED) is 0.795. The Bertz CT molecular complexity index is 715. The fourth-order valence-electron chi connectivity index (χ4n) is 2.71. The molecule has 0 aliphatic carbocycles. The standard InChI is InChI=1S/C16H17ClN2O/c1-19-10-15(14-5-4-12(17)8-16(14)19)11(9-18)7-13-3-2-6-20-13/h2-6,8,10-11H,7,9,18H2,1H3. The molecule has 3 aromatic rings. The van der Waals surface area contributed by atoms with Crippen molar-refractivity contribution in [2.45, 2.75) is 12.3 Å². The van der Waals surface area contributed by atoms with Gasteiger partial charge in [0, 0.05) is 41.5 Å². The van der Waals surface area contributed by atoms with Gasteiger partial charge in [0.2, 0.25) is 0 Å². The minimum Gasteiger partial charge on any atom is -0.469 e. The average Bonchev–Trinajstić information content (AvgIpc) is 3.05. The van der Waals surface area contributed by atoms with Crippen LogP contribution in [0.4, 0.5) is 0 Å². The van der Waals surface area contributed by atoms with Crippen molar-refractivity contribution in [2.24, 2.45) is 12.8 Å². The second kappa shape index (κ2) is 5.35. The van der Waals surface area contributed by atoms with E-state index in [1.807, 2.05) is 31.3 Å². The summed E-state index contributed by atoms with van der Waals surface area (Å²) in [6.07, 6.45) is 4.65. The Hall–Kier alpha value is -1.71. The molecule has 1 unspecified atom stereocenters. The smallest absolute Gasteiger partial charge is 0.104 e. The number of furan rings is 1. The number of nitrogens with zero attached hydrogens (tertiary/aromatic N) is 1. The summed E-state index contributed by atoms with van der Waals surface area (Å²) < 4.78 is 7.54. The molecule has 0 bridgehead atoms. The minimum absolute atomic E-state index is 0.242. The number of halogens is 1. The van der Waals surface area contributed by atoms with Gasteiger partial charge < -0.3 is 14.7 Å². The first kappa shape index (κ1) is 13.3. The Morgan fingerprint density at radius 2 is 2.20 bits per heavy atom. The maximum absolute atomic E-state index is 6.08. The number of nitrogens with two attached hydrogens (primary N) is 1. The molecular formula is C16H17ClN2O. The summed E-state index contributed by atoms with van der Waals surface area (Å²) in [4.78, 5) is 0. The summed E-state index contributed by atoms with van der Waals surface area (Å²) in [6, 6.07) is 9.88. The van der Waals surface area contributed by atoms with E-state index in [0.717, 1.165) is 22.7 Å². The van der Waals surface area contributed by atoms with Crippen LogP contribution < -0.4 is 5.73 Å². The predicted octanol–water partition coefficient (Wildman–Crippen LogP) is 3.71. The van der Waals surface area contributed by atoms with E-state index in [4.69, 9.17) is 21.8 Å². The van der Waals surface area contributed by atoms with Gasteiger partial charge in [-0.25, -0.2) is 0 Å². The van der Waals surface area contributed by atoms with E-state index in [9.17, 15) is 0 Å². The van der Waals surface area contributed by atoms with Crippen LogP contribution >= 0.6 is 11.6 Å². The number of fused-ring (bicyclic) bond motifs is 1. The second-order valence-electron chi connectivity index (χ2n) is 5.07. The highest BCUT2D eigenvalue weighted by molar-refractivity contribution is 6.31. The lowest BCUT2D eigenvalue weighted by molar-refractivity contribution is 0.487. The number of hydrogen-bond donors (Lipinski definition) is 1. The van der Waals surface area contributed by atoms with Gasteiger partial charge in [0.1, 0.15) is 5.76 Å². The van der Waals surface area contributed by atoms with Crippen molar-refractivity contribution >= 4 is 22.5 Å². The van der Waals surface area contributed by atoms with Gasteiger partial charge in [-0.3, -0.25) is 0 Å². The highest BCUT2D eigenvalue weighted by Gasteiger charge is 2.17. The van der Waals surface area contributed by atoms with Crippen LogP contribution in [-0.2, 0) is 13.5 Å². The van der Waals surface area contributed by atoms with Gasteiger partial charge in [-0.05, 0) is 36.4 Å². The van der Waals surface area contributed by atoms with Gasteiger partial charge in [0.15, 0.2) is 0 Å². The molecule has 0 fully saturated rings. The Labute approximate surface area is 122 Å². The third-order valence-electron chi connectivity index (χ3n) is 3.74. The molecule has 0 spiro atoms. The largest absolute Gasteiger partial charge is 0.469 e. The summed E-state index contributed by atoms with van der Waals surface area (Å²) in [5.41, 5.74) is 8.35. The van der Waals surface area contributed by atoms with E-state index in [1.54, 1.807) is 6.26 Å². The Morgan fingerprint density at radius 3 is 2.90 bits per heavy atom. The van der Waals surface area contributed by atoms with E-state index in [0.29, 0.717) is 6.54 Å². The molecule has 1 aromatic carbocycles. The van der Waals surface area contributed by atoms with Crippen LogP contribution in [0.1, 0.15) is 17.2 Å². The van der Waals surface area contributed by atoms with Crippen LogP contribution in [-0.4, -0.2) is 11.1 Å². The SMILES string of the molecule is Cn1cc(C(CN)Cc2ccco2)c2ccc(Cl)cc21. The molecule has 0 saturated heterocycles. The average molecular weight is 289 g/mol. The van der Waals surface area contributed by atoms with Crippen molar-refractivity contribution in [3.05, 3.63) is 59.1 Å². The third kappa shape index (κ3) is 2.35. The monoisotopic (exact) mass is 288 g/mol. The lowest BCUT2D eigenvalue weighted by Gasteiger charge is -2.12. The number of aromatic nitrogens is 1. The highest BCUT2D eigenvalue weighted by Crippen LogP contribution is 2.30. The van der Waals surface area contributed by atoms with Gasteiger partial charge in [-0.1, -0.05) is 17.7 Å². The molecule has 3 nitrogen and oxygen atoms in total. The molecular weight excluding hydrogens is 272 g/mol. The number of benzene rings is 1. The molecule has 0 saturated carbocycles. The Kier molecular flexibility index (Phi) is 3.55. The molecule has 0 amide bonds. The zero-order chi connectivity index (χ0) is 14.1. The van der Waals surface area contributed by atoms with Crippen molar-refractivity contribution in [3.8, 4) is 0 Å². The van der Waals surface area contributed by atoms with Gasteiger partial charge in [-0.15, -0.1) is 0 Å². The van der Waals surface area contributed by atoms with Crippen molar-refractivity contribution < 1.29 is 4.42 Å². The van der Waals surface area contributed by atoms with Gasteiger partial charge in [0.05, 0.1) is 6.26 Å². The van der Waals surface area contributed by atoms with Crippen LogP contribution in [0.15, 0.2) is 47.2 Å².